The van der Waals surface area contributed by atoms with E-state index in [-0.39, 0.29) is 6.03 Å². The van der Waals surface area contributed by atoms with Gasteiger partial charge in [0.1, 0.15) is 0 Å². The molecule has 144 valence electrons. The van der Waals surface area contributed by atoms with Crippen molar-refractivity contribution >= 4 is 6.03 Å². The molecule has 0 fully saturated rings. The summed E-state index contributed by atoms with van der Waals surface area (Å²) in [4.78, 5) is 14.1. The van der Waals surface area contributed by atoms with E-state index in [2.05, 4.69) is 55.1 Å². The van der Waals surface area contributed by atoms with Crippen molar-refractivity contribution in [3.05, 3.63) is 23.8 Å². The third kappa shape index (κ3) is 7.24. The van der Waals surface area contributed by atoms with Crippen LogP contribution in [0.15, 0.2) is 18.2 Å². The number of ether oxygens (including phenoxy) is 2. The van der Waals surface area contributed by atoms with Gasteiger partial charge in [0.2, 0.25) is 0 Å². The summed E-state index contributed by atoms with van der Waals surface area (Å²) in [6.45, 7) is 10.0. The number of carbonyl (C=O) groups is 1. The first-order chi connectivity index (χ1) is 12.4. The fourth-order valence-electron chi connectivity index (χ4n) is 2.53. The van der Waals surface area contributed by atoms with Crippen molar-refractivity contribution in [3.8, 4) is 23.3 Å². The Morgan fingerprint density at radius 1 is 1.04 bits per heavy atom. The average Bonchev–Trinajstić information content (AvgIpc) is 2.61. The largest absolute Gasteiger partial charge is 0.493 e. The van der Waals surface area contributed by atoms with Crippen molar-refractivity contribution in [1.29, 1.82) is 0 Å². The maximum atomic E-state index is 11.9. The van der Waals surface area contributed by atoms with E-state index in [0.717, 1.165) is 5.56 Å². The Morgan fingerprint density at radius 2 is 1.69 bits per heavy atom. The van der Waals surface area contributed by atoms with Crippen LogP contribution in [0.25, 0.3) is 0 Å². The number of methoxy groups -OCH3 is 2. The molecule has 6 nitrogen and oxygen atoms in total. The lowest BCUT2D eigenvalue weighted by Crippen LogP contribution is -2.37. The molecule has 2 N–H and O–H groups in total. The Hall–Kier alpha value is -2.39. The molecule has 0 aliphatic carbocycles. The van der Waals surface area contributed by atoms with Gasteiger partial charge in [0.15, 0.2) is 11.5 Å². The van der Waals surface area contributed by atoms with Crippen LogP contribution in [0.5, 0.6) is 11.5 Å². The predicted octanol–water partition coefficient (Wildman–Crippen LogP) is 2.63. The van der Waals surface area contributed by atoms with Crippen LogP contribution in [0.3, 0.4) is 0 Å². The van der Waals surface area contributed by atoms with E-state index in [1.54, 1.807) is 14.2 Å². The summed E-state index contributed by atoms with van der Waals surface area (Å²) >= 11 is 0. The normalized spacial score (nSPS) is 10.5. The van der Waals surface area contributed by atoms with Crippen LogP contribution in [-0.2, 0) is 6.54 Å². The highest BCUT2D eigenvalue weighted by Gasteiger charge is 2.11. The van der Waals surface area contributed by atoms with E-state index >= 15 is 0 Å². The number of carbonyl (C=O) groups excluding carboxylic acids is 1. The van der Waals surface area contributed by atoms with Crippen LogP contribution in [0.2, 0.25) is 0 Å². The molecular formula is C20H31N3O3. The average molecular weight is 361 g/mol. The Kier molecular flexibility index (Phi) is 9.38. The first kappa shape index (κ1) is 21.7. The molecule has 0 bridgehead atoms. The summed E-state index contributed by atoms with van der Waals surface area (Å²) in [6, 6.07) is 6.18. The van der Waals surface area contributed by atoms with Gasteiger partial charge in [-0.2, -0.15) is 0 Å². The highest BCUT2D eigenvalue weighted by Crippen LogP contribution is 2.27. The molecule has 0 saturated carbocycles. The van der Waals surface area contributed by atoms with Gasteiger partial charge in [-0.05, 0) is 45.4 Å². The number of rotatable bonds is 8. The van der Waals surface area contributed by atoms with Gasteiger partial charge in [-0.25, -0.2) is 4.79 Å². The lowest BCUT2D eigenvalue weighted by Gasteiger charge is -2.28. The molecule has 0 spiro atoms. The van der Waals surface area contributed by atoms with Gasteiger partial charge in [0, 0.05) is 18.6 Å². The van der Waals surface area contributed by atoms with E-state index in [4.69, 9.17) is 9.47 Å². The summed E-state index contributed by atoms with van der Waals surface area (Å²) in [5.41, 5.74) is 0.924. The third-order valence-electron chi connectivity index (χ3n) is 3.95. The quantitative estimate of drug-likeness (QED) is 0.699. The fourth-order valence-corrected chi connectivity index (χ4v) is 2.53. The topological polar surface area (TPSA) is 62.8 Å². The molecule has 0 atom stereocenters. The molecule has 0 aliphatic rings. The van der Waals surface area contributed by atoms with Crippen molar-refractivity contribution < 1.29 is 14.3 Å². The summed E-state index contributed by atoms with van der Waals surface area (Å²) in [6.07, 6.45) is 0. The molecule has 1 aromatic carbocycles. The third-order valence-corrected chi connectivity index (χ3v) is 3.95. The number of hydrogen-bond acceptors (Lipinski definition) is 4. The molecule has 0 aliphatic heterocycles. The van der Waals surface area contributed by atoms with Gasteiger partial charge in [0.25, 0.3) is 0 Å². The van der Waals surface area contributed by atoms with Crippen LogP contribution in [0.4, 0.5) is 4.79 Å². The second kappa shape index (κ2) is 11.3. The number of nitrogens with zero attached hydrogens (tertiary/aromatic N) is 1. The molecule has 0 radical (unpaired) electrons. The van der Waals surface area contributed by atoms with Gasteiger partial charge in [-0.3, -0.25) is 4.90 Å². The van der Waals surface area contributed by atoms with Crippen molar-refractivity contribution in [2.45, 2.75) is 46.3 Å². The molecule has 0 aromatic heterocycles. The molecule has 0 heterocycles. The van der Waals surface area contributed by atoms with Crippen LogP contribution < -0.4 is 20.1 Å². The summed E-state index contributed by atoms with van der Waals surface area (Å²) in [5.74, 6) is 7.39. The first-order valence-electron chi connectivity index (χ1n) is 8.83. The van der Waals surface area contributed by atoms with E-state index in [0.29, 0.717) is 43.2 Å². The van der Waals surface area contributed by atoms with Crippen LogP contribution in [0.1, 0.15) is 33.3 Å². The highest BCUT2D eigenvalue weighted by atomic mass is 16.5. The number of benzene rings is 1. The Morgan fingerprint density at radius 3 is 2.27 bits per heavy atom. The smallest absolute Gasteiger partial charge is 0.315 e. The highest BCUT2D eigenvalue weighted by molar-refractivity contribution is 5.74. The lowest BCUT2D eigenvalue weighted by atomic mass is 10.2. The van der Waals surface area contributed by atoms with Gasteiger partial charge < -0.3 is 20.1 Å². The van der Waals surface area contributed by atoms with Gasteiger partial charge in [-0.1, -0.05) is 17.9 Å². The molecule has 0 unspecified atom stereocenters. The van der Waals surface area contributed by atoms with E-state index in [1.807, 2.05) is 18.2 Å². The minimum Gasteiger partial charge on any atom is -0.493 e. The Bertz CT molecular complexity index is 625. The number of hydrogen-bond donors (Lipinski definition) is 2. The minimum atomic E-state index is -0.251. The zero-order valence-corrected chi connectivity index (χ0v) is 16.7. The van der Waals surface area contributed by atoms with Gasteiger partial charge in [-0.15, -0.1) is 0 Å². The van der Waals surface area contributed by atoms with Crippen molar-refractivity contribution in [3.63, 3.8) is 0 Å². The van der Waals surface area contributed by atoms with Crippen LogP contribution in [0, 0.1) is 11.8 Å². The second-order valence-corrected chi connectivity index (χ2v) is 6.44. The maximum absolute atomic E-state index is 11.9. The molecular weight excluding hydrogens is 330 g/mol. The van der Waals surface area contributed by atoms with Crippen LogP contribution >= 0.6 is 0 Å². The summed E-state index contributed by atoms with van der Waals surface area (Å²) in [7, 11) is 3.17. The first-order valence-corrected chi connectivity index (χ1v) is 8.83. The number of urea groups is 1. The summed E-state index contributed by atoms with van der Waals surface area (Å²) in [5, 5.41) is 5.54. The van der Waals surface area contributed by atoms with Crippen molar-refractivity contribution in [2.24, 2.45) is 0 Å². The van der Waals surface area contributed by atoms with Crippen molar-refractivity contribution in [2.75, 3.05) is 27.3 Å². The molecule has 2 amide bonds. The van der Waals surface area contributed by atoms with Gasteiger partial charge in [0.05, 0.1) is 27.3 Å². The molecule has 6 heteroatoms. The zero-order valence-electron chi connectivity index (χ0n) is 16.7. The summed E-state index contributed by atoms with van der Waals surface area (Å²) < 4.78 is 10.4. The monoisotopic (exact) mass is 361 g/mol. The number of amides is 2. The fraction of sp³-hybridized carbons (Fsp3) is 0.550. The second-order valence-electron chi connectivity index (χ2n) is 6.44. The van der Waals surface area contributed by atoms with Crippen LogP contribution in [-0.4, -0.2) is 50.3 Å². The van der Waals surface area contributed by atoms with E-state index in [1.165, 1.54) is 0 Å². The van der Waals surface area contributed by atoms with E-state index < -0.39 is 0 Å². The maximum Gasteiger partial charge on any atom is 0.315 e. The Balaban J connectivity index is 2.39. The van der Waals surface area contributed by atoms with E-state index in [9.17, 15) is 4.79 Å². The zero-order chi connectivity index (χ0) is 19.5. The molecule has 1 rings (SSSR count). The van der Waals surface area contributed by atoms with Crippen molar-refractivity contribution in [1.82, 2.24) is 15.5 Å². The lowest BCUT2D eigenvalue weighted by molar-refractivity contribution is 0.200. The predicted molar refractivity (Wildman–Crippen MR) is 105 cm³/mol. The molecule has 26 heavy (non-hydrogen) atoms. The molecule has 0 saturated heterocycles. The van der Waals surface area contributed by atoms with Gasteiger partial charge >= 0.3 is 6.03 Å². The number of nitrogens with one attached hydrogen (secondary N) is 2. The molecule has 1 aromatic rings. The standard InChI is InChI=1S/C20H31N3O3/c1-15(2)23(16(3)4)12-8-7-11-21-20(24)22-14-17-9-10-18(25-5)19(13-17)26-6/h9-10,13,15-16H,11-12,14H2,1-6H3,(H2,21,22,24). The minimum absolute atomic E-state index is 0.251. The SMILES string of the molecule is COc1ccc(CNC(=O)NCC#CCN(C(C)C)C(C)C)cc1OC. The Labute approximate surface area is 157 Å².